The molecule has 33 heavy (non-hydrogen) atoms. The van der Waals surface area contributed by atoms with E-state index in [-0.39, 0.29) is 24.9 Å². The Morgan fingerprint density at radius 2 is 1.70 bits per heavy atom. The van der Waals surface area contributed by atoms with Gasteiger partial charge in [0.1, 0.15) is 19.1 Å². The minimum atomic E-state index is -0.647. The molecule has 2 saturated heterocycles. The molecule has 1 aromatic carbocycles. The second-order valence-electron chi connectivity index (χ2n) is 8.27. The van der Waals surface area contributed by atoms with Crippen LogP contribution in [0.1, 0.15) is 18.9 Å². The van der Waals surface area contributed by atoms with Crippen LogP contribution < -0.4 is 5.32 Å². The number of piperazine rings is 1. The van der Waals surface area contributed by atoms with Crippen LogP contribution >= 0.6 is 0 Å². The summed E-state index contributed by atoms with van der Waals surface area (Å²) < 4.78 is 0. The molecule has 1 aromatic heterocycles. The molecule has 4 rings (SSSR count). The summed E-state index contributed by atoms with van der Waals surface area (Å²) in [6.07, 6.45) is 4.70. The van der Waals surface area contributed by atoms with Crippen molar-refractivity contribution in [3.63, 3.8) is 0 Å². The van der Waals surface area contributed by atoms with Crippen molar-refractivity contribution in [1.82, 2.24) is 25.0 Å². The minimum absolute atomic E-state index is 0.0865. The van der Waals surface area contributed by atoms with Gasteiger partial charge in [0.2, 0.25) is 17.7 Å². The Labute approximate surface area is 192 Å². The fourth-order valence-corrected chi connectivity index (χ4v) is 4.29. The standard InChI is InChI=1S/C24H27N5O4/c1-2-11-27-12-13-29(22(31)16-28-15-21(30)26-24(28)33)20(23(27)32)14-17-3-5-18(6-4-17)19-7-9-25-10-8-19/h3-10,20H,2,11-16H2,1H3,(H,26,30,33). The zero-order valence-corrected chi connectivity index (χ0v) is 18.6. The second kappa shape index (κ2) is 9.81. The SMILES string of the molecule is CCCN1CCN(C(=O)CN2CC(=O)NC2=O)C(Cc2ccc(-c3ccncc3)cc2)C1=O. The third-order valence-corrected chi connectivity index (χ3v) is 5.99. The highest BCUT2D eigenvalue weighted by molar-refractivity contribution is 6.03. The Hall–Kier alpha value is -3.75. The van der Waals surface area contributed by atoms with Crippen LogP contribution in [0.2, 0.25) is 0 Å². The molecule has 5 amide bonds. The maximum atomic E-state index is 13.3. The van der Waals surface area contributed by atoms with Crippen LogP contribution in [0.25, 0.3) is 11.1 Å². The summed E-state index contributed by atoms with van der Waals surface area (Å²) in [6.45, 7) is 3.14. The second-order valence-corrected chi connectivity index (χ2v) is 8.27. The van der Waals surface area contributed by atoms with E-state index in [0.29, 0.717) is 26.1 Å². The molecular weight excluding hydrogens is 422 g/mol. The Morgan fingerprint density at radius 1 is 1.00 bits per heavy atom. The van der Waals surface area contributed by atoms with Gasteiger partial charge in [-0.15, -0.1) is 0 Å². The van der Waals surface area contributed by atoms with E-state index in [9.17, 15) is 19.2 Å². The lowest BCUT2D eigenvalue weighted by Crippen LogP contribution is -2.61. The van der Waals surface area contributed by atoms with Crippen LogP contribution in [0.15, 0.2) is 48.8 Å². The monoisotopic (exact) mass is 449 g/mol. The first-order chi connectivity index (χ1) is 16.0. The third kappa shape index (κ3) is 5.02. The normalized spacial score (nSPS) is 18.6. The van der Waals surface area contributed by atoms with Crippen LogP contribution in [-0.4, -0.2) is 82.2 Å². The quantitative estimate of drug-likeness (QED) is 0.642. The Balaban J connectivity index is 1.51. The number of nitrogens with one attached hydrogen (secondary N) is 1. The average Bonchev–Trinajstić information content (AvgIpc) is 3.14. The smallest absolute Gasteiger partial charge is 0.325 e. The van der Waals surface area contributed by atoms with Crippen molar-refractivity contribution in [1.29, 1.82) is 0 Å². The highest BCUT2D eigenvalue weighted by Gasteiger charge is 2.39. The molecule has 0 bridgehead atoms. The van der Waals surface area contributed by atoms with Crippen molar-refractivity contribution >= 4 is 23.8 Å². The summed E-state index contributed by atoms with van der Waals surface area (Å²) >= 11 is 0. The Kier molecular flexibility index (Phi) is 6.67. The van der Waals surface area contributed by atoms with Gasteiger partial charge in [-0.2, -0.15) is 0 Å². The molecule has 0 spiro atoms. The molecule has 3 heterocycles. The zero-order valence-electron chi connectivity index (χ0n) is 18.6. The number of amides is 5. The summed E-state index contributed by atoms with van der Waals surface area (Å²) in [7, 11) is 0. The van der Waals surface area contributed by atoms with Gasteiger partial charge in [-0.05, 0) is 35.2 Å². The number of aromatic nitrogens is 1. The number of hydrogen-bond acceptors (Lipinski definition) is 5. The van der Waals surface area contributed by atoms with E-state index in [1.54, 1.807) is 22.2 Å². The highest BCUT2D eigenvalue weighted by atomic mass is 16.2. The van der Waals surface area contributed by atoms with Crippen molar-refractivity contribution in [3.05, 3.63) is 54.4 Å². The molecule has 1 unspecified atom stereocenters. The van der Waals surface area contributed by atoms with Crippen LogP contribution in [0.3, 0.4) is 0 Å². The molecule has 2 aliphatic rings. The Morgan fingerprint density at radius 3 is 2.33 bits per heavy atom. The number of rotatable bonds is 7. The molecule has 0 radical (unpaired) electrons. The summed E-state index contributed by atoms with van der Waals surface area (Å²) in [6, 6.07) is 10.6. The third-order valence-electron chi connectivity index (χ3n) is 5.99. The van der Waals surface area contributed by atoms with E-state index in [1.807, 2.05) is 43.3 Å². The zero-order chi connectivity index (χ0) is 23.4. The Bertz CT molecular complexity index is 1040. The fourth-order valence-electron chi connectivity index (χ4n) is 4.29. The van der Waals surface area contributed by atoms with Gasteiger partial charge in [-0.3, -0.25) is 24.7 Å². The maximum Gasteiger partial charge on any atom is 0.325 e. The van der Waals surface area contributed by atoms with Gasteiger partial charge in [-0.1, -0.05) is 31.2 Å². The summed E-state index contributed by atoms with van der Waals surface area (Å²) in [5.41, 5.74) is 3.03. The highest BCUT2D eigenvalue weighted by Crippen LogP contribution is 2.22. The van der Waals surface area contributed by atoms with Crippen LogP contribution in [0.5, 0.6) is 0 Å². The summed E-state index contributed by atoms with van der Waals surface area (Å²) in [5, 5.41) is 2.18. The molecule has 9 nitrogen and oxygen atoms in total. The van der Waals surface area contributed by atoms with Gasteiger partial charge in [0.25, 0.3) is 0 Å². The lowest BCUT2D eigenvalue weighted by molar-refractivity contribution is -0.151. The van der Waals surface area contributed by atoms with Crippen LogP contribution in [0, 0.1) is 0 Å². The first-order valence-corrected chi connectivity index (χ1v) is 11.1. The topological polar surface area (TPSA) is 103 Å². The number of nitrogens with zero attached hydrogens (tertiary/aromatic N) is 4. The average molecular weight is 450 g/mol. The van der Waals surface area contributed by atoms with E-state index in [4.69, 9.17) is 0 Å². The van der Waals surface area contributed by atoms with Crippen LogP contribution in [-0.2, 0) is 20.8 Å². The van der Waals surface area contributed by atoms with Gasteiger partial charge in [0.15, 0.2) is 0 Å². The largest absolute Gasteiger partial charge is 0.339 e. The van der Waals surface area contributed by atoms with Gasteiger partial charge < -0.3 is 14.7 Å². The van der Waals surface area contributed by atoms with Crippen molar-refractivity contribution in [2.75, 3.05) is 32.7 Å². The number of carbonyl (C=O) groups excluding carboxylic acids is 4. The number of urea groups is 1. The van der Waals surface area contributed by atoms with E-state index in [2.05, 4.69) is 10.3 Å². The molecule has 2 fully saturated rings. The summed E-state index contributed by atoms with van der Waals surface area (Å²) in [5.74, 6) is -0.846. The lowest BCUT2D eigenvalue weighted by Gasteiger charge is -2.41. The minimum Gasteiger partial charge on any atom is -0.339 e. The first-order valence-electron chi connectivity index (χ1n) is 11.1. The van der Waals surface area contributed by atoms with Crippen molar-refractivity contribution in [2.24, 2.45) is 0 Å². The molecule has 1 atom stereocenters. The predicted octanol–water partition coefficient (Wildman–Crippen LogP) is 1.29. The van der Waals surface area contributed by atoms with Gasteiger partial charge in [-0.25, -0.2) is 4.79 Å². The number of imide groups is 1. The maximum absolute atomic E-state index is 13.3. The van der Waals surface area contributed by atoms with Crippen molar-refractivity contribution in [2.45, 2.75) is 25.8 Å². The van der Waals surface area contributed by atoms with Crippen molar-refractivity contribution in [3.8, 4) is 11.1 Å². The molecule has 0 aliphatic carbocycles. The van der Waals surface area contributed by atoms with Crippen LogP contribution in [0.4, 0.5) is 4.79 Å². The number of benzene rings is 1. The van der Waals surface area contributed by atoms with Gasteiger partial charge in [0, 0.05) is 38.4 Å². The van der Waals surface area contributed by atoms with E-state index >= 15 is 0 Å². The number of pyridine rings is 1. The molecule has 2 aliphatic heterocycles. The number of hydrogen-bond donors (Lipinski definition) is 1. The van der Waals surface area contributed by atoms with Gasteiger partial charge in [0.05, 0.1) is 0 Å². The van der Waals surface area contributed by atoms with E-state index < -0.39 is 18.0 Å². The van der Waals surface area contributed by atoms with Gasteiger partial charge >= 0.3 is 6.03 Å². The van der Waals surface area contributed by atoms with Crippen molar-refractivity contribution < 1.29 is 19.2 Å². The first kappa shape index (κ1) is 22.4. The molecular formula is C24H27N5O4. The number of carbonyl (C=O) groups is 4. The summed E-state index contributed by atoms with van der Waals surface area (Å²) in [4.78, 5) is 58.2. The van der Waals surface area contributed by atoms with E-state index in [1.165, 1.54) is 4.90 Å². The molecule has 1 N–H and O–H groups in total. The molecule has 9 heteroatoms. The predicted molar refractivity (Wildman–Crippen MR) is 121 cm³/mol. The fraction of sp³-hybridized carbons (Fsp3) is 0.375. The lowest BCUT2D eigenvalue weighted by atomic mass is 9.98. The molecule has 172 valence electrons. The molecule has 0 saturated carbocycles. The van der Waals surface area contributed by atoms with E-state index in [0.717, 1.165) is 23.1 Å². The molecule has 2 aromatic rings.